The predicted molar refractivity (Wildman–Crippen MR) is 239 cm³/mol. The Balaban J connectivity index is 1.27. The summed E-state index contributed by atoms with van der Waals surface area (Å²) < 4.78 is 6.60. The molecule has 0 bridgehead atoms. The summed E-state index contributed by atoms with van der Waals surface area (Å²) in [5.74, 6) is 0. The lowest BCUT2D eigenvalue weighted by molar-refractivity contribution is 0.590. The van der Waals surface area contributed by atoms with Gasteiger partial charge in [-0.3, -0.25) is 0 Å². The van der Waals surface area contributed by atoms with Crippen molar-refractivity contribution in [3.05, 3.63) is 181 Å². The van der Waals surface area contributed by atoms with Gasteiger partial charge in [-0.05, 0) is 106 Å². The van der Waals surface area contributed by atoms with Crippen LogP contribution in [0.1, 0.15) is 26.3 Å². The lowest BCUT2D eigenvalue weighted by Crippen LogP contribution is -2.60. The van der Waals surface area contributed by atoms with Crippen LogP contribution in [0.4, 0.5) is 50.5 Å². The van der Waals surface area contributed by atoms with Crippen LogP contribution in [0.5, 0.6) is 0 Å². The fourth-order valence-electron chi connectivity index (χ4n) is 8.93. The molecule has 7 aromatic carbocycles. The smallest absolute Gasteiger partial charge is 0.253 e. The quantitative estimate of drug-likeness (QED) is 0.164. The van der Waals surface area contributed by atoms with E-state index in [2.05, 4.69) is 211 Å². The highest BCUT2D eigenvalue weighted by Gasteiger charge is 2.45. The van der Waals surface area contributed by atoms with Crippen molar-refractivity contribution in [1.82, 2.24) is 0 Å². The number of rotatable bonds is 5. The predicted octanol–water partition coefficient (Wildman–Crippen LogP) is 12.5. The molecule has 2 aliphatic heterocycles. The molecule has 0 N–H and O–H groups in total. The molecule has 0 fully saturated rings. The van der Waals surface area contributed by atoms with E-state index >= 15 is 0 Å². The third-order valence-electron chi connectivity index (χ3n) is 11.5. The standard InChI is InChI=1S/C50H38BN3OS/c1-50(2,3)33-23-25-37(26-24-33)54-43-32-38(52(34-15-7-4-8-16-34)35-17-9-5-10-18-35)31-42-47(43)51(41-29-30-56-49(41)54)40-27-28-45-46(39-21-13-14-22-44(39)55-45)48(40)53(42)36-19-11-6-12-20-36/h4-32H,1-3H3. The van der Waals surface area contributed by atoms with Crippen molar-refractivity contribution < 1.29 is 4.42 Å². The first-order chi connectivity index (χ1) is 27.4. The Kier molecular flexibility index (Phi) is 7.35. The molecule has 6 heteroatoms. The average molecular weight is 740 g/mol. The molecule has 56 heavy (non-hydrogen) atoms. The zero-order valence-electron chi connectivity index (χ0n) is 31.5. The van der Waals surface area contributed by atoms with Crippen LogP contribution in [0.15, 0.2) is 180 Å². The van der Waals surface area contributed by atoms with Gasteiger partial charge in [-0.25, -0.2) is 0 Å². The van der Waals surface area contributed by atoms with Gasteiger partial charge in [0, 0.05) is 39.5 Å². The number of benzene rings is 7. The third kappa shape index (κ3) is 4.99. The summed E-state index contributed by atoms with van der Waals surface area (Å²) in [5, 5.41) is 5.77. The number of para-hydroxylation sites is 4. The van der Waals surface area contributed by atoms with E-state index in [0.29, 0.717) is 0 Å². The molecular weight excluding hydrogens is 701 g/mol. The normalized spacial score (nSPS) is 13.2. The number of nitrogens with zero attached hydrogens (tertiary/aromatic N) is 3. The van der Waals surface area contributed by atoms with Crippen molar-refractivity contribution in [2.24, 2.45) is 0 Å². The molecule has 2 aliphatic rings. The van der Waals surface area contributed by atoms with Gasteiger partial charge in [0.2, 0.25) is 0 Å². The minimum atomic E-state index is 0.00956. The van der Waals surface area contributed by atoms with E-state index in [1.54, 1.807) is 0 Å². The van der Waals surface area contributed by atoms with Gasteiger partial charge in [-0.15, -0.1) is 11.3 Å². The zero-order chi connectivity index (χ0) is 37.5. The van der Waals surface area contributed by atoms with Crippen LogP contribution >= 0.6 is 11.3 Å². The van der Waals surface area contributed by atoms with Crippen LogP contribution in [-0.4, -0.2) is 6.71 Å². The van der Waals surface area contributed by atoms with Gasteiger partial charge >= 0.3 is 0 Å². The number of hydrogen-bond acceptors (Lipinski definition) is 5. The maximum Gasteiger partial charge on any atom is 0.253 e. The Hall–Kier alpha value is -6.50. The molecule has 0 radical (unpaired) electrons. The monoisotopic (exact) mass is 739 g/mol. The molecule has 2 aromatic heterocycles. The van der Waals surface area contributed by atoms with E-state index in [0.717, 1.165) is 56.1 Å². The summed E-state index contributed by atoms with van der Waals surface area (Å²) in [6.45, 7) is 6.85. The number of anilines is 9. The molecule has 9 aromatic rings. The molecule has 0 saturated carbocycles. The summed E-state index contributed by atoms with van der Waals surface area (Å²) in [7, 11) is 0. The van der Waals surface area contributed by atoms with Gasteiger partial charge in [0.1, 0.15) is 11.2 Å². The first-order valence-electron chi connectivity index (χ1n) is 19.3. The molecule has 0 atom stereocenters. The van der Waals surface area contributed by atoms with E-state index < -0.39 is 0 Å². The molecule has 0 saturated heterocycles. The Morgan fingerprint density at radius 1 is 0.554 bits per heavy atom. The van der Waals surface area contributed by atoms with Crippen LogP contribution in [-0.2, 0) is 5.41 Å². The molecule has 0 amide bonds. The molecule has 0 unspecified atom stereocenters. The second-order valence-electron chi connectivity index (χ2n) is 15.8. The third-order valence-corrected chi connectivity index (χ3v) is 12.4. The molecule has 4 nitrogen and oxygen atoms in total. The second kappa shape index (κ2) is 12.5. The summed E-state index contributed by atoms with van der Waals surface area (Å²) >= 11 is 1.82. The highest BCUT2D eigenvalue weighted by molar-refractivity contribution is 7.18. The lowest BCUT2D eigenvalue weighted by atomic mass is 9.34. The number of fused-ring (bicyclic) bond motifs is 8. The molecule has 0 aliphatic carbocycles. The topological polar surface area (TPSA) is 22.9 Å². The summed E-state index contributed by atoms with van der Waals surface area (Å²) in [6, 6.07) is 61.7. The van der Waals surface area contributed by atoms with Crippen LogP contribution in [0.25, 0.3) is 21.9 Å². The first kappa shape index (κ1) is 32.9. The minimum absolute atomic E-state index is 0.00956. The van der Waals surface area contributed by atoms with Crippen molar-refractivity contribution in [3.8, 4) is 0 Å². The largest absolute Gasteiger partial charge is 0.456 e. The second-order valence-corrected chi connectivity index (χ2v) is 16.7. The lowest BCUT2D eigenvalue weighted by Gasteiger charge is -2.44. The van der Waals surface area contributed by atoms with Crippen LogP contribution < -0.4 is 31.1 Å². The summed E-state index contributed by atoms with van der Waals surface area (Å²) in [6.07, 6.45) is 0. The number of furan rings is 1. The van der Waals surface area contributed by atoms with Gasteiger partial charge in [0.15, 0.2) is 0 Å². The highest BCUT2D eigenvalue weighted by Crippen LogP contribution is 2.51. The van der Waals surface area contributed by atoms with Gasteiger partial charge in [0.25, 0.3) is 6.71 Å². The Labute approximate surface area is 331 Å². The molecule has 268 valence electrons. The Morgan fingerprint density at radius 2 is 1.16 bits per heavy atom. The molecule has 0 spiro atoms. The van der Waals surface area contributed by atoms with E-state index in [4.69, 9.17) is 4.42 Å². The van der Waals surface area contributed by atoms with E-state index in [9.17, 15) is 0 Å². The van der Waals surface area contributed by atoms with Crippen LogP contribution in [0.2, 0.25) is 0 Å². The van der Waals surface area contributed by atoms with Crippen molar-refractivity contribution in [1.29, 1.82) is 0 Å². The highest BCUT2D eigenvalue weighted by atomic mass is 32.1. The van der Waals surface area contributed by atoms with Crippen LogP contribution in [0, 0.1) is 0 Å². The minimum Gasteiger partial charge on any atom is -0.456 e. The maximum absolute atomic E-state index is 6.60. The zero-order valence-corrected chi connectivity index (χ0v) is 32.3. The van der Waals surface area contributed by atoms with Gasteiger partial charge in [-0.1, -0.05) is 118 Å². The molecule has 4 heterocycles. The number of thiophene rings is 1. The van der Waals surface area contributed by atoms with Gasteiger partial charge < -0.3 is 19.1 Å². The molecular formula is C50H38BN3OS. The van der Waals surface area contributed by atoms with Crippen molar-refractivity contribution in [2.45, 2.75) is 26.2 Å². The van der Waals surface area contributed by atoms with E-state index in [1.165, 1.54) is 38.3 Å². The maximum atomic E-state index is 6.60. The Morgan fingerprint density at radius 3 is 1.84 bits per heavy atom. The fourth-order valence-corrected chi connectivity index (χ4v) is 9.90. The van der Waals surface area contributed by atoms with Crippen molar-refractivity contribution >= 4 is 107 Å². The summed E-state index contributed by atoms with van der Waals surface area (Å²) in [5.41, 5.74) is 16.1. The van der Waals surface area contributed by atoms with E-state index in [1.807, 2.05) is 11.3 Å². The molecule has 11 rings (SSSR count). The number of hydrogen-bond donors (Lipinski definition) is 0. The summed E-state index contributed by atoms with van der Waals surface area (Å²) in [4.78, 5) is 7.41. The Bertz CT molecular complexity index is 2870. The SMILES string of the molecule is CC(C)(C)c1ccc(N2c3cc(N(c4ccccc4)c4ccccc4)cc4c3B(c3ccsc32)c2ccc3oc5ccccc5c3c2N4c2ccccc2)cc1. The fraction of sp³-hybridized carbons (Fsp3) is 0.0800. The van der Waals surface area contributed by atoms with Crippen molar-refractivity contribution in [3.63, 3.8) is 0 Å². The van der Waals surface area contributed by atoms with Gasteiger partial charge in [-0.2, -0.15) is 0 Å². The van der Waals surface area contributed by atoms with Gasteiger partial charge in [0.05, 0.1) is 21.8 Å². The first-order valence-corrected chi connectivity index (χ1v) is 20.2. The average Bonchev–Trinajstić information content (AvgIpc) is 3.87. The van der Waals surface area contributed by atoms with Crippen molar-refractivity contribution in [2.75, 3.05) is 14.7 Å². The van der Waals surface area contributed by atoms with E-state index in [-0.39, 0.29) is 12.1 Å². The van der Waals surface area contributed by atoms with Crippen LogP contribution in [0.3, 0.4) is 0 Å².